The van der Waals surface area contributed by atoms with Crippen molar-refractivity contribution in [2.45, 2.75) is 25.5 Å². The Labute approximate surface area is 122 Å². The molecule has 0 aliphatic heterocycles. The number of carboxylic acids is 1. The summed E-state index contributed by atoms with van der Waals surface area (Å²) in [4.78, 5) is 11.0. The first-order valence-corrected chi connectivity index (χ1v) is 7.28. The number of aliphatic carboxylic acids is 1. The van der Waals surface area contributed by atoms with Crippen LogP contribution in [0.5, 0.6) is 0 Å². The Morgan fingerprint density at radius 1 is 1.50 bits per heavy atom. The largest absolute Gasteiger partial charge is 0.481 e. The van der Waals surface area contributed by atoms with Gasteiger partial charge in [-0.3, -0.25) is 4.79 Å². The van der Waals surface area contributed by atoms with Gasteiger partial charge in [-0.15, -0.1) is 5.10 Å². The quantitative estimate of drug-likeness (QED) is 0.464. The SMILES string of the molecule is COCCNCCn1nnnc1SCC(C)(C)C(=O)O. The molecule has 0 aliphatic rings. The molecule has 8 nitrogen and oxygen atoms in total. The highest BCUT2D eigenvalue weighted by Crippen LogP contribution is 2.26. The van der Waals surface area contributed by atoms with Gasteiger partial charge < -0.3 is 15.2 Å². The second-order valence-corrected chi connectivity index (χ2v) is 5.85. The molecule has 0 bridgehead atoms. The maximum Gasteiger partial charge on any atom is 0.309 e. The standard InChI is InChI=1S/C11H21N5O3S/c1-11(2,9(17)18)8-20-10-13-14-15-16(10)6-4-12-5-7-19-3/h12H,4-8H2,1-3H3,(H,17,18). The highest BCUT2D eigenvalue weighted by Gasteiger charge is 2.28. The van der Waals surface area contributed by atoms with Gasteiger partial charge >= 0.3 is 5.97 Å². The minimum Gasteiger partial charge on any atom is -0.481 e. The smallest absolute Gasteiger partial charge is 0.309 e. The summed E-state index contributed by atoms with van der Waals surface area (Å²) in [5.74, 6) is -0.412. The van der Waals surface area contributed by atoms with E-state index in [4.69, 9.17) is 9.84 Å². The molecule has 0 aliphatic carbocycles. The number of thioether (sulfide) groups is 1. The van der Waals surface area contributed by atoms with Gasteiger partial charge in [0.05, 0.1) is 18.6 Å². The van der Waals surface area contributed by atoms with Crippen LogP contribution in [0.15, 0.2) is 5.16 Å². The molecule has 0 amide bonds. The van der Waals surface area contributed by atoms with E-state index in [2.05, 4.69) is 20.8 Å². The number of methoxy groups -OCH3 is 1. The molecule has 1 heterocycles. The topological polar surface area (TPSA) is 102 Å². The van der Waals surface area contributed by atoms with Gasteiger partial charge in [-0.25, -0.2) is 4.68 Å². The summed E-state index contributed by atoms with van der Waals surface area (Å²) in [6.07, 6.45) is 0. The van der Waals surface area contributed by atoms with Gasteiger partial charge in [-0.05, 0) is 24.3 Å². The van der Waals surface area contributed by atoms with Gasteiger partial charge in [0.15, 0.2) is 0 Å². The molecule has 2 N–H and O–H groups in total. The predicted molar refractivity (Wildman–Crippen MR) is 74.7 cm³/mol. The molecule has 0 fully saturated rings. The lowest BCUT2D eigenvalue weighted by Gasteiger charge is -2.17. The number of nitrogens with zero attached hydrogens (tertiary/aromatic N) is 4. The summed E-state index contributed by atoms with van der Waals surface area (Å²) >= 11 is 1.35. The lowest BCUT2D eigenvalue weighted by Crippen LogP contribution is -2.27. The van der Waals surface area contributed by atoms with Crippen molar-refractivity contribution >= 4 is 17.7 Å². The number of aromatic nitrogens is 4. The van der Waals surface area contributed by atoms with E-state index in [1.807, 2.05) is 0 Å². The summed E-state index contributed by atoms with van der Waals surface area (Å²) < 4.78 is 6.60. The van der Waals surface area contributed by atoms with Gasteiger partial charge in [0.1, 0.15) is 0 Å². The van der Waals surface area contributed by atoms with Crippen LogP contribution in [-0.2, 0) is 16.1 Å². The number of carboxylic acid groups (broad SMARTS) is 1. The number of carbonyl (C=O) groups is 1. The fourth-order valence-corrected chi connectivity index (χ4v) is 2.22. The second-order valence-electron chi connectivity index (χ2n) is 4.91. The predicted octanol–water partition coefficient (Wildman–Crippen LogP) is 0.112. The van der Waals surface area contributed by atoms with Gasteiger partial charge in [0.2, 0.25) is 5.16 Å². The third kappa shape index (κ3) is 5.43. The van der Waals surface area contributed by atoms with E-state index in [1.165, 1.54) is 11.8 Å². The van der Waals surface area contributed by atoms with E-state index in [0.29, 0.717) is 24.1 Å². The van der Waals surface area contributed by atoms with Crippen LogP contribution in [0.25, 0.3) is 0 Å². The lowest BCUT2D eigenvalue weighted by molar-refractivity contribution is -0.145. The van der Waals surface area contributed by atoms with E-state index in [-0.39, 0.29) is 0 Å². The zero-order valence-electron chi connectivity index (χ0n) is 12.0. The Morgan fingerprint density at radius 2 is 2.25 bits per heavy atom. The molecule has 1 aromatic rings. The van der Waals surface area contributed by atoms with Crippen molar-refractivity contribution in [3.05, 3.63) is 0 Å². The first-order chi connectivity index (χ1) is 9.47. The highest BCUT2D eigenvalue weighted by molar-refractivity contribution is 7.99. The summed E-state index contributed by atoms with van der Waals surface area (Å²) in [6, 6.07) is 0. The van der Waals surface area contributed by atoms with E-state index in [1.54, 1.807) is 25.6 Å². The Bertz CT molecular complexity index is 424. The fraction of sp³-hybridized carbons (Fsp3) is 0.818. The summed E-state index contributed by atoms with van der Waals surface area (Å²) in [7, 11) is 1.65. The van der Waals surface area contributed by atoms with E-state index in [9.17, 15) is 4.79 Å². The number of ether oxygens (including phenoxy) is 1. The number of nitrogens with one attached hydrogen (secondary N) is 1. The molecular weight excluding hydrogens is 282 g/mol. The van der Waals surface area contributed by atoms with Crippen molar-refractivity contribution in [2.75, 3.05) is 32.6 Å². The van der Waals surface area contributed by atoms with Gasteiger partial charge in [-0.1, -0.05) is 11.8 Å². The van der Waals surface area contributed by atoms with Gasteiger partial charge in [0, 0.05) is 26.0 Å². The average molecular weight is 303 g/mol. The lowest BCUT2D eigenvalue weighted by atomic mass is 9.97. The number of rotatable bonds is 10. The van der Waals surface area contributed by atoms with Crippen LogP contribution < -0.4 is 5.32 Å². The van der Waals surface area contributed by atoms with Crippen LogP contribution in [0.3, 0.4) is 0 Å². The third-order valence-corrected chi connectivity index (χ3v) is 4.04. The average Bonchev–Trinajstić information content (AvgIpc) is 2.83. The first-order valence-electron chi connectivity index (χ1n) is 6.29. The Hall–Kier alpha value is -1.19. The maximum absolute atomic E-state index is 11.0. The molecule has 1 aromatic heterocycles. The minimum absolute atomic E-state index is 0.416. The van der Waals surface area contributed by atoms with Crippen molar-refractivity contribution in [3.8, 4) is 0 Å². The Morgan fingerprint density at radius 3 is 2.90 bits per heavy atom. The van der Waals surface area contributed by atoms with E-state index in [0.717, 1.165) is 13.1 Å². The van der Waals surface area contributed by atoms with Crippen molar-refractivity contribution in [1.29, 1.82) is 0 Å². The maximum atomic E-state index is 11.0. The monoisotopic (exact) mass is 303 g/mol. The van der Waals surface area contributed by atoms with E-state index >= 15 is 0 Å². The van der Waals surface area contributed by atoms with Gasteiger partial charge in [0.25, 0.3) is 0 Å². The zero-order chi connectivity index (χ0) is 15.0. The molecule has 0 saturated heterocycles. The Balaban J connectivity index is 2.40. The second kappa shape index (κ2) is 8.18. The molecule has 0 aromatic carbocycles. The summed E-state index contributed by atoms with van der Waals surface area (Å²) in [6.45, 7) is 6.15. The highest BCUT2D eigenvalue weighted by atomic mass is 32.2. The van der Waals surface area contributed by atoms with Crippen LogP contribution in [0.4, 0.5) is 0 Å². The van der Waals surface area contributed by atoms with Crippen molar-refractivity contribution in [1.82, 2.24) is 25.5 Å². The molecule has 0 radical (unpaired) electrons. The van der Waals surface area contributed by atoms with Crippen LogP contribution in [-0.4, -0.2) is 63.8 Å². The molecule has 9 heteroatoms. The van der Waals surface area contributed by atoms with Crippen LogP contribution in [0.1, 0.15) is 13.8 Å². The zero-order valence-corrected chi connectivity index (χ0v) is 12.8. The Kier molecular flexibility index (Phi) is 6.89. The van der Waals surface area contributed by atoms with Crippen LogP contribution >= 0.6 is 11.8 Å². The number of hydrogen-bond acceptors (Lipinski definition) is 7. The molecule has 0 saturated carbocycles. The summed E-state index contributed by atoms with van der Waals surface area (Å²) in [5.41, 5.74) is -0.807. The van der Waals surface area contributed by atoms with Crippen molar-refractivity contribution in [3.63, 3.8) is 0 Å². The van der Waals surface area contributed by atoms with Crippen LogP contribution in [0.2, 0.25) is 0 Å². The summed E-state index contributed by atoms with van der Waals surface area (Å²) in [5, 5.41) is 24.3. The normalized spacial score (nSPS) is 11.8. The molecule has 0 atom stereocenters. The van der Waals surface area contributed by atoms with Crippen molar-refractivity contribution < 1.29 is 14.6 Å². The number of tetrazole rings is 1. The third-order valence-electron chi connectivity index (χ3n) is 2.62. The number of hydrogen-bond donors (Lipinski definition) is 2. The van der Waals surface area contributed by atoms with Crippen molar-refractivity contribution in [2.24, 2.45) is 5.41 Å². The van der Waals surface area contributed by atoms with E-state index < -0.39 is 11.4 Å². The molecular formula is C11H21N5O3S. The minimum atomic E-state index is -0.828. The first kappa shape index (κ1) is 16.9. The van der Waals surface area contributed by atoms with Crippen LogP contribution in [0, 0.1) is 5.41 Å². The van der Waals surface area contributed by atoms with Gasteiger partial charge in [-0.2, -0.15) is 0 Å². The molecule has 0 unspecified atom stereocenters. The molecule has 0 spiro atoms. The molecule has 1 rings (SSSR count). The molecule has 114 valence electrons. The molecule has 20 heavy (non-hydrogen) atoms. The fourth-order valence-electron chi connectivity index (χ4n) is 1.23.